The molecule has 1 unspecified atom stereocenters. The van der Waals surface area contributed by atoms with Crippen LogP contribution in [0.1, 0.15) is 28.2 Å². The molecule has 20 heavy (non-hydrogen) atoms. The van der Waals surface area contributed by atoms with Gasteiger partial charge in [0.1, 0.15) is 0 Å². The van der Waals surface area contributed by atoms with Crippen molar-refractivity contribution < 1.29 is 4.79 Å². The molecule has 0 saturated heterocycles. The van der Waals surface area contributed by atoms with E-state index in [0.29, 0.717) is 5.56 Å². The minimum absolute atomic E-state index is 0.0718. The molecule has 0 radical (unpaired) electrons. The maximum atomic E-state index is 12.2. The number of amides is 1. The molecule has 0 aliphatic rings. The number of fused-ring (bicyclic) bond motifs is 1. The average Bonchev–Trinajstić information content (AvgIpc) is 3.05. The Kier molecular flexibility index (Phi) is 3.46. The summed E-state index contributed by atoms with van der Waals surface area (Å²) in [7, 11) is 0. The van der Waals surface area contributed by atoms with Crippen molar-refractivity contribution in [1.82, 2.24) is 15.5 Å². The second-order valence-corrected chi connectivity index (χ2v) is 6.26. The Labute approximate surface area is 124 Å². The van der Waals surface area contributed by atoms with Crippen molar-refractivity contribution in [2.75, 3.05) is 0 Å². The zero-order valence-corrected chi connectivity index (χ0v) is 12.3. The normalized spacial score (nSPS) is 12.5. The lowest BCUT2D eigenvalue weighted by Gasteiger charge is -2.12. The molecule has 1 amide bonds. The number of halogens is 1. The van der Waals surface area contributed by atoms with E-state index in [2.05, 4.69) is 15.5 Å². The van der Waals surface area contributed by atoms with Gasteiger partial charge < -0.3 is 5.32 Å². The Hall–Kier alpha value is -1.85. The highest BCUT2D eigenvalue weighted by molar-refractivity contribution is 7.16. The number of thiophene rings is 1. The van der Waals surface area contributed by atoms with Crippen LogP contribution in [-0.4, -0.2) is 16.1 Å². The van der Waals surface area contributed by atoms with E-state index < -0.39 is 0 Å². The summed E-state index contributed by atoms with van der Waals surface area (Å²) < 4.78 is 0.722. The molecule has 2 heterocycles. The lowest BCUT2D eigenvalue weighted by molar-refractivity contribution is 0.0940. The summed E-state index contributed by atoms with van der Waals surface area (Å²) in [5.41, 5.74) is 1.46. The second kappa shape index (κ2) is 5.26. The van der Waals surface area contributed by atoms with Crippen molar-refractivity contribution in [3.8, 4) is 0 Å². The molecular formula is C14H12ClN3OS. The van der Waals surface area contributed by atoms with Gasteiger partial charge in [-0.1, -0.05) is 17.7 Å². The van der Waals surface area contributed by atoms with Crippen molar-refractivity contribution in [2.45, 2.75) is 13.0 Å². The number of aromatic amines is 1. The smallest absolute Gasteiger partial charge is 0.251 e. The van der Waals surface area contributed by atoms with Gasteiger partial charge in [-0.25, -0.2) is 0 Å². The first-order valence-corrected chi connectivity index (χ1v) is 7.32. The van der Waals surface area contributed by atoms with Gasteiger partial charge in [-0.2, -0.15) is 5.10 Å². The minimum atomic E-state index is -0.112. The molecular weight excluding hydrogens is 294 g/mol. The van der Waals surface area contributed by atoms with Gasteiger partial charge in [0, 0.05) is 15.8 Å². The Morgan fingerprint density at radius 1 is 1.40 bits per heavy atom. The molecule has 2 aromatic heterocycles. The number of nitrogens with one attached hydrogen (secondary N) is 2. The zero-order valence-electron chi connectivity index (χ0n) is 10.7. The molecule has 102 valence electrons. The van der Waals surface area contributed by atoms with Crippen LogP contribution in [0, 0.1) is 0 Å². The second-order valence-electron chi connectivity index (χ2n) is 4.51. The number of benzene rings is 1. The summed E-state index contributed by atoms with van der Waals surface area (Å²) in [6.45, 7) is 1.94. The molecule has 3 aromatic rings. The third kappa shape index (κ3) is 2.55. The van der Waals surface area contributed by atoms with Crippen LogP contribution in [0.4, 0.5) is 0 Å². The Bertz CT molecular complexity index is 764. The van der Waals surface area contributed by atoms with Crippen molar-refractivity contribution in [3.05, 3.63) is 51.3 Å². The van der Waals surface area contributed by atoms with Crippen LogP contribution in [0.2, 0.25) is 4.34 Å². The van der Waals surface area contributed by atoms with Gasteiger partial charge in [0.05, 0.1) is 22.1 Å². The van der Waals surface area contributed by atoms with E-state index in [4.69, 9.17) is 11.6 Å². The van der Waals surface area contributed by atoms with E-state index in [-0.39, 0.29) is 11.9 Å². The first-order chi connectivity index (χ1) is 9.63. The minimum Gasteiger partial charge on any atom is -0.345 e. The van der Waals surface area contributed by atoms with E-state index in [0.717, 1.165) is 20.1 Å². The van der Waals surface area contributed by atoms with Crippen molar-refractivity contribution >= 4 is 39.7 Å². The largest absolute Gasteiger partial charge is 0.345 e. The van der Waals surface area contributed by atoms with Crippen LogP contribution in [0.5, 0.6) is 0 Å². The fourth-order valence-electron chi connectivity index (χ4n) is 1.99. The highest BCUT2D eigenvalue weighted by Gasteiger charge is 2.13. The fraction of sp³-hybridized carbons (Fsp3) is 0.143. The van der Waals surface area contributed by atoms with Gasteiger partial charge in [0.15, 0.2) is 0 Å². The number of nitrogens with zero attached hydrogens (tertiary/aromatic N) is 1. The van der Waals surface area contributed by atoms with Crippen molar-refractivity contribution in [2.24, 2.45) is 0 Å². The number of carbonyl (C=O) groups is 1. The lowest BCUT2D eigenvalue weighted by Crippen LogP contribution is -2.26. The highest BCUT2D eigenvalue weighted by Crippen LogP contribution is 2.26. The third-order valence-electron chi connectivity index (χ3n) is 3.07. The molecule has 3 rings (SSSR count). The van der Waals surface area contributed by atoms with Crippen LogP contribution in [0.3, 0.4) is 0 Å². The molecule has 0 saturated carbocycles. The topological polar surface area (TPSA) is 57.8 Å². The standard InChI is InChI=1S/C14H12ClN3OS/c1-8(12-4-5-13(15)20-12)17-14(19)9-2-3-10-7-16-18-11(10)6-9/h2-8H,1H3,(H,16,18)(H,17,19). The van der Waals surface area contributed by atoms with E-state index in [1.54, 1.807) is 18.3 Å². The van der Waals surface area contributed by atoms with Gasteiger partial charge in [0.2, 0.25) is 0 Å². The first-order valence-electron chi connectivity index (χ1n) is 6.13. The van der Waals surface area contributed by atoms with Crippen molar-refractivity contribution in [3.63, 3.8) is 0 Å². The molecule has 4 nitrogen and oxygen atoms in total. The molecule has 1 aromatic carbocycles. The van der Waals surface area contributed by atoms with Crippen LogP contribution in [0.15, 0.2) is 36.5 Å². The molecule has 6 heteroatoms. The fourth-order valence-corrected chi connectivity index (χ4v) is 3.05. The summed E-state index contributed by atoms with van der Waals surface area (Å²) in [5.74, 6) is -0.112. The van der Waals surface area contributed by atoms with E-state index >= 15 is 0 Å². The molecule has 1 atom stereocenters. The lowest BCUT2D eigenvalue weighted by atomic mass is 10.1. The Balaban J connectivity index is 1.78. The molecule has 2 N–H and O–H groups in total. The number of H-pyrrole nitrogens is 1. The van der Waals surface area contributed by atoms with E-state index in [1.165, 1.54) is 11.3 Å². The summed E-state index contributed by atoms with van der Waals surface area (Å²) in [4.78, 5) is 13.3. The Morgan fingerprint density at radius 2 is 2.25 bits per heavy atom. The Morgan fingerprint density at radius 3 is 3.00 bits per heavy atom. The number of hydrogen-bond acceptors (Lipinski definition) is 3. The summed E-state index contributed by atoms with van der Waals surface area (Å²) in [6.07, 6.45) is 1.73. The van der Waals surface area contributed by atoms with Crippen molar-refractivity contribution in [1.29, 1.82) is 0 Å². The molecule has 0 spiro atoms. The predicted octanol–water partition coefficient (Wildman–Crippen LogP) is 3.77. The van der Waals surface area contributed by atoms with Gasteiger partial charge in [-0.3, -0.25) is 9.89 Å². The highest BCUT2D eigenvalue weighted by atomic mass is 35.5. The summed E-state index contributed by atoms with van der Waals surface area (Å²) in [6, 6.07) is 9.15. The SMILES string of the molecule is CC(NC(=O)c1ccc2cn[nH]c2c1)c1ccc(Cl)s1. The monoisotopic (exact) mass is 305 g/mol. The molecule has 0 aliphatic carbocycles. The van der Waals surface area contributed by atoms with Gasteiger partial charge in [-0.15, -0.1) is 11.3 Å². The zero-order chi connectivity index (χ0) is 14.1. The van der Waals surface area contributed by atoms with E-state index in [1.807, 2.05) is 25.1 Å². The molecule has 0 fully saturated rings. The number of aromatic nitrogens is 2. The van der Waals surface area contributed by atoms with Crippen LogP contribution < -0.4 is 5.32 Å². The van der Waals surface area contributed by atoms with Crippen LogP contribution in [-0.2, 0) is 0 Å². The summed E-state index contributed by atoms with van der Waals surface area (Å²) >= 11 is 7.38. The average molecular weight is 306 g/mol. The maximum Gasteiger partial charge on any atom is 0.251 e. The number of hydrogen-bond donors (Lipinski definition) is 2. The van der Waals surface area contributed by atoms with Gasteiger partial charge in [-0.05, 0) is 31.2 Å². The summed E-state index contributed by atoms with van der Waals surface area (Å²) in [5, 5.41) is 10.7. The third-order valence-corrected chi connectivity index (χ3v) is 4.49. The molecule has 0 bridgehead atoms. The van der Waals surface area contributed by atoms with E-state index in [9.17, 15) is 4.79 Å². The molecule has 0 aliphatic heterocycles. The number of rotatable bonds is 3. The quantitative estimate of drug-likeness (QED) is 0.774. The predicted molar refractivity (Wildman–Crippen MR) is 81.3 cm³/mol. The van der Waals surface area contributed by atoms with Crippen LogP contribution in [0.25, 0.3) is 10.9 Å². The maximum absolute atomic E-state index is 12.2. The van der Waals surface area contributed by atoms with Crippen LogP contribution >= 0.6 is 22.9 Å². The first kappa shape index (κ1) is 13.1. The van der Waals surface area contributed by atoms with Gasteiger partial charge >= 0.3 is 0 Å². The van der Waals surface area contributed by atoms with Gasteiger partial charge in [0.25, 0.3) is 5.91 Å². The number of carbonyl (C=O) groups excluding carboxylic acids is 1.